The first-order valence-corrected chi connectivity index (χ1v) is 9.81. The Morgan fingerprint density at radius 3 is 2.41 bits per heavy atom. The van der Waals surface area contributed by atoms with Crippen LogP contribution in [0, 0.1) is 0 Å². The average Bonchev–Trinajstić information content (AvgIpc) is 3.50. The van der Waals surface area contributed by atoms with Gasteiger partial charge in [0.25, 0.3) is 11.8 Å². The predicted molar refractivity (Wildman–Crippen MR) is 104 cm³/mol. The maximum absolute atomic E-state index is 12.3. The molecule has 0 heterocycles. The monoisotopic (exact) mass is 384 g/mol. The van der Waals surface area contributed by atoms with Crippen molar-refractivity contribution < 1.29 is 19.1 Å². The highest BCUT2D eigenvalue weighted by Crippen LogP contribution is 2.22. The first-order chi connectivity index (χ1) is 13.1. The van der Waals surface area contributed by atoms with Crippen LogP contribution in [-0.2, 0) is 9.53 Å². The van der Waals surface area contributed by atoms with Gasteiger partial charge in [0.1, 0.15) is 0 Å². The summed E-state index contributed by atoms with van der Waals surface area (Å²) < 4.78 is 5.11. The van der Waals surface area contributed by atoms with Crippen LogP contribution in [0.3, 0.4) is 0 Å². The Hall–Kier alpha value is -2.80. The molecular weight excluding hydrogens is 364 g/mol. The zero-order valence-corrected chi connectivity index (χ0v) is 15.7. The molecule has 3 rings (SSSR count). The zero-order valence-electron chi connectivity index (χ0n) is 14.9. The fourth-order valence-corrected chi connectivity index (χ4v) is 3.08. The number of ether oxygens (including phenoxy) is 1. The van der Waals surface area contributed by atoms with Crippen LogP contribution >= 0.6 is 11.8 Å². The van der Waals surface area contributed by atoms with Crippen molar-refractivity contribution in [3.05, 3.63) is 59.7 Å². The van der Waals surface area contributed by atoms with Crippen LogP contribution in [0.15, 0.2) is 53.4 Å². The molecule has 2 aromatic carbocycles. The molecule has 2 aromatic rings. The van der Waals surface area contributed by atoms with Crippen molar-refractivity contribution in [3.63, 3.8) is 0 Å². The molecule has 1 aliphatic carbocycles. The Bertz CT molecular complexity index is 865. The number of esters is 1. The maximum atomic E-state index is 12.3. The molecule has 2 N–H and O–H groups in total. The lowest BCUT2D eigenvalue weighted by molar-refractivity contribution is -0.119. The number of hydrogen-bond acceptors (Lipinski definition) is 5. The van der Waals surface area contributed by atoms with Gasteiger partial charge in [-0.3, -0.25) is 9.59 Å². The standard InChI is InChI=1S/C20H20N2O4S/c1-27-17-9-5-3-7-15(17)20(25)26-12-18(23)22-16-8-4-2-6-14(16)19(24)21-13-10-11-13/h2-9,13H,10-12H2,1H3,(H,21,24)(H,22,23). The molecule has 1 fully saturated rings. The summed E-state index contributed by atoms with van der Waals surface area (Å²) in [6, 6.07) is 14.0. The number of rotatable bonds is 7. The topological polar surface area (TPSA) is 84.5 Å². The first kappa shape index (κ1) is 19.0. The molecule has 6 nitrogen and oxygen atoms in total. The minimum absolute atomic E-state index is 0.221. The van der Waals surface area contributed by atoms with E-state index in [0.717, 1.165) is 17.7 Å². The Labute approximate surface area is 161 Å². The van der Waals surface area contributed by atoms with Crippen LogP contribution in [-0.4, -0.2) is 36.7 Å². The summed E-state index contributed by atoms with van der Waals surface area (Å²) in [4.78, 5) is 37.4. The Morgan fingerprint density at radius 2 is 1.70 bits per heavy atom. The SMILES string of the molecule is CSc1ccccc1C(=O)OCC(=O)Nc1ccccc1C(=O)NC1CC1. The molecule has 1 aliphatic rings. The van der Waals surface area contributed by atoms with E-state index in [1.165, 1.54) is 11.8 Å². The number of nitrogens with one attached hydrogen (secondary N) is 2. The van der Waals surface area contributed by atoms with E-state index in [4.69, 9.17) is 4.74 Å². The number of carbonyl (C=O) groups is 3. The predicted octanol–water partition coefficient (Wildman–Crippen LogP) is 3.10. The summed E-state index contributed by atoms with van der Waals surface area (Å²) in [5.74, 6) is -1.29. The van der Waals surface area contributed by atoms with Gasteiger partial charge in [-0.25, -0.2) is 4.79 Å². The van der Waals surface area contributed by atoms with Crippen LogP contribution in [0.4, 0.5) is 5.69 Å². The van der Waals surface area contributed by atoms with Gasteiger partial charge in [0.2, 0.25) is 0 Å². The number of amides is 2. The van der Waals surface area contributed by atoms with Crippen molar-refractivity contribution >= 4 is 35.2 Å². The highest BCUT2D eigenvalue weighted by Gasteiger charge is 2.25. The van der Waals surface area contributed by atoms with Crippen LogP contribution in [0.5, 0.6) is 0 Å². The number of para-hydroxylation sites is 1. The van der Waals surface area contributed by atoms with Crippen LogP contribution < -0.4 is 10.6 Å². The van der Waals surface area contributed by atoms with Crippen LogP contribution in [0.25, 0.3) is 0 Å². The Morgan fingerprint density at radius 1 is 1.04 bits per heavy atom. The molecule has 2 amide bonds. The number of carbonyl (C=O) groups excluding carboxylic acids is 3. The summed E-state index contributed by atoms with van der Waals surface area (Å²) >= 11 is 1.43. The molecule has 0 atom stereocenters. The van der Waals surface area contributed by atoms with Crippen molar-refractivity contribution in [1.29, 1.82) is 0 Å². The summed E-state index contributed by atoms with van der Waals surface area (Å²) in [5.41, 5.74) is 1.19. The third-order valence-electron chi connectivity index (χ3n) is 4.02. The molecule has 0 aromatic heterocycles. The van der Waals surface area contributed by atoms with Gasteiger partial charge < -0.3 is 15.4 Å². The average molecular weight is 384 g/mol. The molecule has 27 heavy (non-hydrogen) atoms. The Kier molecular flexibility index (Phi) is 6.13. The second-order valence-corrected chi connectivity index (χ2v) is 6.97. The highest BCUT2D eigenvalue weighted by atomic mass is 32.2. The van der Waals surface area contributed by atoms with E-state index in [1.54, 1.807) is 36.4 Å². The minimum Gasteiger partial charge on any atom is -0.452 e. The zero-order chi connectivity index (χ0) is 19.2. The number of hydrogen-bond donors (Lipinski definition) is 2. The van der Waals surface area contributed by atoms with Gasteiger partial charge in [0, 0.05) is 10.9 Å². The summed E-state index contributed by atoms with van der Waals surface area (Å²) in [5, 5.41) is 5.53. The van der Waals surface area contributed by atoms with E-state index in [9.17, 15) is 14.4 Å². The Balaban J connectivity index is 1.59. The number of anilines is 1. The quantitative estimate of drug-likeness (QED) is 0.566. The number of benzene rings is 2. The fraction of sp³-hybridized carbons (Fsp3) is 0.250. The molecule has 0 radical (unpaired) electrons. The third-order valence-corrected chi connectivity index (χ3v) is 4.82. The lowest BCUT2D eigenvalue weighted by Crippen LogP contribution is -2.28. The fourth-order valence-electron chi connectivity index (χ4n) is 2.49. The molecule has 7 heteroatoms. The van der Waals surface area contributed by atoms with Gasteiger partial charge in [-0.1, -0.05) is 24.3 Å². The normalized spacial score (nSPS) is 12.9. The van der Waals surface area contributed by atoms with Crippen molar-refractivity contribution in [3.8, 4) is 0 Å². The minimum atomic E-state index is -0.560. The lowest BCUT2D eigenvalue weighted by atomic mass is 10.1. The van der Waals surface area contributed by atoms with Gasteiger partial charge in [-0.05, 0) is 43.4 Å². The largest absolute Gasteiger partial charge is 0.452 e. The third kappa shape index (κ3) is 5.10. The van der Waals surface area contributed by atoms with Crippen LogP contribution in [0.1, 0.15) is 33.6 Å². The molecular formula is C20H20N2O4S. The summed E-state index contributed by atoms with van der Waals surface area (Å²) in [6.07, 6.45) is 3.82. The van der Waals surface area contributed by atoms with E-state index in [1.807, 2.05) is 18.4 Å². The van der Waals surface area contributed by atoms with E-state index in [0.29, 0.717) is 16.8 Å². The molecule has 1 saturated carbocycles. The maximum Gasteiger partial charge on any atom is 0.339 e. The molecule has 140 valence electrons. The highest BCUT2D eigenvalue weighted by molar-refractivity contribution is 7.98. The second-order valence-electron chi connectivity index (χ2n) is 6.12. The molecule has 0 bridgehead atoms. The lowest BCUT2D eigenvalue weighted by Gasteiger charge is -2.12. The van der Waals surface area contributed by atoms with E-state index >= 15 is 0 Å². The molecule has 0 aliphatic heterocycles. The molecule has 0 saturated heterocycles. The molecule has 0 unspecified atom stereocenters. The molecule has 0 spiro atoms. The van der Waals surface area contributed by atoms with Gasteiger partial charge in [-0.15, -0.1) is 11.8 Å². The van der Waals surface area contributed by atoms with E-state index < -0.39 is 18.5 Å². The smallest absolute Gasteiger partial charge is 0.339 e. The van der Waals surface area contributed by atoms with Gasteiger partial charge >= 0.3 is 5.97 Å². The summed E-state index contributed by atoms with van der Waals surface area (Å²) in [6.45, 7) is -0.430. The van der Waals surface area contributed by atoms with Crippen molar-refractivity contribution in [1.82, 2.24) is 5.32 Å². The second kappa shape index (κ2) is 8.73. The number of thioether (sulfide) groups is 1. The van der Waals surface area contributed by atoms with E-state index in [2.05, 4.69) is 10.6 Å². The summed E-state index contributed by atoms with van der Waals surface area (Å²) in [7, 11) is 0. The van der Waals surface area contributed by atoms with Crippen molar-refractivity contribution in [2.24, 2.45) is 0 Å². The van der Waals surface area contributed by atoms with Crippen LogP contribution in [0.2, 0.25) is 0 Å². The van der Waals surface area contributed by atoms with E-state index in [-0.39, 0.29) is 11.9 Å². The van der Waals surface area contributed by atoms with Crippen molar-refractivity contribution in [2.45, 2.75) is 23.8 Å². The first-order valence-electron chi connectivity index (χ1n) is 8.58. The van der Waals surface area contributed by atoms with Gasteiger partial charge in [-0.2, -0.15) is 0 Å². The van der Waals surface area contributed by atoms with Gasteiger partial charge in [0.15, 0.2) is 6.61 Å². The van der Waals surface area contributed by atoms with Crippen molar-refractivity contribution in [2.75, 3.05) is 18.2 Å². The van der Waals surface area contributed by atoms with Gasteiger partial charge in [0.05, 0.1) is 16.8 Å².